The average Bonchev–Trinajstić information content (AvgIpc) is 2.34. The van der Waals surface area contributed by atoms with E-state index in [1.165, 1.54) is 11.6 Å². The second kappa shape index (κ2) is 5.49. The largest absolute Gasteiger partial charge is 0.415 e. The highest BCUT2D eigenvalue weighted by Gasteiger charge is 2.37. The summed E-state index contributed by atoms with van der Waals surface area (Å²) < 4.78 is 19.5. The fourth-order valence-electron chi connectivity index (χ4n) is 2.17. The van der Waals surface area contributed by atoms with Crippen molar-refractivity contribution < 1.29 is 8.82 Å². The molecule has 0 amide bonds. The van der Waals surface area contributed by atoms with Crippen molar-refractivity contribution in [3.05, 3.63) is 29.6 Å². The Kier molecular flexibility index (Phi) is 4.26. The number of aryl methyl sites for hydroxylation is 1. The molecule has 4 heteroatoms. The van der Waals surface area contributed by atoms with Crippen LogP contribution in [0.25, 0.3) is 0 Å². The topological polar surface area (TPSA) is 21.3 Å². The Morgan fingerprint density at radius 2 is 2.05 bits per heavy atom. The first kappa shape index (κ1) is 15.5. The van der Waals surface area contributed by atoms with Crippen LogP contribution in [-0.2, 0) is 10.8 Å². The molecule has 0 spiro atoms. The van der Waals surface area contributed by atoms with Gasteiger partial charge in [0.1, 0.15) is 5.82 Å². The molecule has 0 aliphatic carbocycles. The maximum absolute atomic E-state index is 13.3. The molecule has 2 nitrogen and oxygen atoms in total. The molecule has 1 aromatic carbocycles. The third-order valence-electron chi connectivity index (χ3n) is 4.65. The molecule has 1 heterocycles. The molecule has 1 N–H and O–H groups in total. The summed E-state index contributed by atoms with van der Waals surface area (Å²) in [5.41, 5.74) is 2.13. The van der Waals surface area contributed by atoms with E-state index in [1.807, 2.05) is 6.07 Å². The molecule has 1 atom stereocenters. The molecule has 0 saturated carbocycles. The Balaban J connectivity index is 1.97. The number of nitrogens with one attached hydrogen (secondary N) is 1. The van der Waals surface area contributed by atoms with Gasteiger partial charge in [-0.3, -0.25) is 0 Å². The highest BCUT2D eigenvalue weighted by atomic mass is 28.4. The van der Waals surface area contributed by atoms with E-state index >= 15 is 0 Å². The number of rotatable bonds is 3. The number of anilines is 1. The number of halogens is 1. The Morgan fingerprint density at radius 3 is 2.70 bits per heavy atom. The molecule has 0 aromatic heterocycles. The van der Waals surface area contributed by atoms with E-state index in [4.69, 9.17) is 4.43 Å². The van der Waals surface area contributed by atoms with E-state index in [9.17, 15) is 4.39 Å². The maximum atomic E-state index is 13.3. The number of benzene rings is 1. The summed E-state index contributed by atoms with van der Waals surface area (Å²) in [6, 6.07) is 5.29. The van der Waals surface area contributed by atoms with Crippen LogP contribution in [0.3, 0.4) is 0 Å². The first-order valence-electron chi connectivity index (χ1n) is 7.38. The molecular weight excluding hydrogens is 269 g/mol. The fraction of sp³-hybridized carbons (Fsp3) is 0.625. The Hall–Kier alpha value is -0.873. The van der Waals surface area contributed by atoms with Crippen LogP contribution in [0.1, 0.15) is 32.8 Å². The quantitative estimate of drug-likeness (QED) is 0.825. The molecule has 0 bridgehead atoms. The molecule has 1 aliphatic rings. The van der Waals surface area contributed by atoms with Gasteiger partial charge in [0.2, 0.25) is 0 Å². The second-order valence-electron chi connectivity index (χ2n) is 7.25. The van der Waals surface area contributed by atoms with Crippen LogP contribution in [0.15, 0.2) is 18.2 Å². The van der Waals surface area contributed by atoms with Crippen molar-refractivity contribution in [2.45, 2.75) is 57.8 Å². The standard InChI is InChI=1S/C16H26FNOSi/c1-16(2,3)20(4,5)19-11-14-9-7-12-6-8-13(17)10-15(12)18-14/h6,8,10,14,18H,7,9,11H2,1-5H3. The predicted octanol–water partition coefficient (Wildman–Crippen LogP) is 4.57. The van der Waals surface area contributed by atoms with E-state index in [1.54, 1.807) is 6.07 Å². The van der Waals surface area contributed by atoms with E-state index in [2.05, 4.69) is 39.2 Å². The molecule has 2 rings (SSSR count). The summed E-state index contributed by atoms with van der Waals surface area (Å²) in [5, 5.41) is 3.65. The summed E-state index contributed by atoms with van der Waals surface area (Å²) in [5.74, 6) is -0.179. The molecule has 0 fully saturated rings. The van der Waals surface area contributed by atoms with Gasteiger partial charge in [-0.2, -0.15) is 0 Å². The van der Waals surface area contributed by atoms with Crippen molar-refractivity contribution >= 4 is 14.0 Å². The summed E-state index contributed by atoms with van der Waals surface area (Å²) >= 11 is 0. The third kappa shape index (κ3) is 3.41. The van der Waals surface area contributed by atoms with Crippen molar-refractivity contribution in [1.29, 1.82) is 0 Å². The zero-order valence-corrected chi connectivity index (χ0v) is 14.2. The van der Waals surface area contributed by atoms with Gasteiger partial charge in [-0.15, -0.1) is 0 Å². The minimum Gasteiger partial charge on any atom is -0.415 e. The average molecular weight is 295 g/mol. The normalized spacial score (nSPS) is 19.4. The van der Waals surface area contributed by atoms with Crippen LogP contribution in [0.5, 0.6) is 0 Å². The fourth-order valence-corrected chi connectivity index (χ4v) is 3.22. The van der Waals surface area contributed by atoms with Crippen LogP contribution >= 0.6 is 0 Å². The van der Waals surface area contributed by atoms with Crippen molar-refractivity contribution in [1.82, 2.24) is 0 Å². The lowest BCUT2D eigenvalue weighted by Crippen LogP contribution is -2.44. The van der Waals surface area contributed by atoms with E-state index in [-0.39, 0.29) is 10.9 Å². The van der Waals surface area contributed by atoms with Crippen LogP contribution in [-0.4, -0.2) is 21.0 Å². The van der Waals surface area contributed by atoms with Crippen LogP contribution in [0, 0.1) is 5.82 Å². The van der Waals surface area contributed by atoms with Crippen LogP contribution in [0.4, 0.5) is 10.1 Å². The number of hydrogen-bond donors (Lipinski definition) is 1. The summed E-state index contributed by atoms with van der Waals surface area (Å²) in [4.78, 5) is 0. The molecular formula is C16H26FNOSi. The van der Waals surface area contributed by atoms with Crippen molar-refractivity contribution in [2.75, 3.05) is 11.9 Å². The SMILES string of the molecule is CC(C)(C)[Si](C)(C)OCC1CCc2ccc(F)cc2N1. The van der Waals surface area contributed by atoms with Crippen molar-refractivity contribution in [3.8, 4) is 0 Å². The summed E-state index contributed by atoms with van der Waals surface area (Å²) in [7, 11) is -1.71. The predicted molar refractivity (Wildman–Crippen MR) is 85.3 cm³/mol. The number of hydrogen-bond acceptors (Lipinski definition) is 2. The lowest BCUT2D eigenvalue weighted by Gasteiger charge is -2.38. The Labute approximate surface area is 122 Å². The van der Waals surface area contributed by atoms with Gasteiger partial charge in [0.25, 0.3) is 0 Å². The molecule has 20 heavy (non-hydrogen) atoms. The first-order valence-corrected chi connectivity index (χ1v) is 10.3. The summed E-state index contributed by atoms with van der Waals surface area (Å²) in [6.45, 7) is 12.0. The smallest absolute Gasteiger partial charge is 0.192 e. The first-order chi connectivity index (χ1) is 9.19. The third-order valence-corrected chi connectivity index (χ3v) is 9.15. The van der Waals surface area contributed by atoms with Gasteiger partial charge in [-0.25, -0.2) is 4.39 Å². The van der Waals surface area contributed by atoms with Gasteiger partial charge in [-0.05, 0) is 48.7 Å². The maximum Gasteiger partial charge on any atom is 0.192 e. The lowest BCUT2D eigenvalue weighted by atomic mass is 9.98. The van der Waals surface area contributed by atoms with Gasteiger partial charge >= 0.3 is 0 Å². The van der Waals surface area contributed by atoms with Crippen LogP contribution < -0.4 is 5.32 Å². The van der Waals surface area contributed by atoms with E-state index in [0.29, 0.717) is 12.6 Å². The Bertz CT molecular complexity index is 482. The van der Waals surface area contributed by atoms with Gasteiger partial charge in [0.05, 0.1) is 6.61 Å². The Morgan fingerprint density at radius 1 is 1.35 bits per heavy atom. The molecule has 0 radical (unpaired) electrons. The van der Waals surface area contributed by atoms with Gasteiger partial charge in [0.15, 0.2) is 8.32 Å². The highest BCUT2D eigenvalue weighted by Crippen LogP contribution is 2.37. The summed E-state index contributed by atoms with van der Waals surface area (Å²) in [6.07, 6.45) is 2.04. The van der Waals surface area contributed by atoms with Crippen molar-refractivity contribution in [2.24, 2.45) is 0 Å². The minimum atomic E-state index is -1.71. The molecule has 112 valence electrons. The van der Waals surface area contributed by atoms with Gasteiger partial charge in [-0.1, -0.05) is 26.8 Å². The monoisotopic (exact) mass is 295 g/mol. The van der Waals surface area contributed by atoms with Gasteiger partial charge in [0, 0.05) is 11.7 Å². The van der Waals surface area contributed by atoms with E-state index < -0.39 is 8.32 Å². The van der Waals surface area contributed by atoms with Crippen LogP contribution in [0.2, 0.25) is 18.1 Å². The van der Waals surface area contributed by atoms with E-state index in [0.717, 1.165) is 18.5 Å². The van der Waals surface area contributed by atoms with Crippen molar-refractivity contribution in [3.63, 3.8) is 0 Å². The lowest BCUT2D eigenvalue weighted by molar-refractivity contribution is 0.264. The minimum absolute atomic E-state index is 0.179. The second-order valence-corrected chi connectivity index (χ2v) is 12.1. The molecule has 1 aliphatic heterocycles. The zero-order chi connectivity index (χ0) is 15.0. The van der Waals surface area contributed by atoms with Gasteiger partial charge < -0.3 is 9.74 Å². The molecule has 1 unspecified atom stereocenters. The number of fused-ring (bicyclic) bond motifs is 1. The molecule has 1 aromatic rings. The molecule has 0 saturated heterocycles. The highest BCUT2D eigenvalue weighted by molar-refractivity contribution is 6.74. The zero-order valence-electron chi connectivity index (χ0n) is 13.2.